The molecule has 1 aliphatic rings. The zero-order valence-electron chi connectivity index (χ0n) is 10.9. The van der Waals surface area contributed by atoms with E-state index in [1.54, 1.807) is 0 Å². The highest BCUT2D eigenvalue weighted by Crippen LogP contribution is 2.08. The van der Waals surface area contributed by atoms with Gasteiger partial charge in [0, 0.05) is 37.7 Å². The van der Waals surface area contributed by atoms with Crippen LogP contribution in [0.2, 0.25) is 0 Å². The third-order valence-corrected chi connectivity index (χ3v) is 3.43. The Labute approximate surface area is 132 Å². The molecule has 0 bridgehead atoms. The number of aliphatic imine (C=N–C) groups is 1. The Bertz CT molecular complexity index is 272. The fourth-order valence-electron chi connectivity index (χ4n) is 1.60. The van der Waals surface area contributed by atoms with Crippen molar-refractivity contribution < 1.29 is 0 Å². The van der Waals surface area contributed by atoms with Crippen molar-refractivity contribution in [1.82, 2.24) is 15.5 Å². The summed E-state index contributed by atoms with van der Waals surface area (Å²) in [5, 5.41) is 6.26. The van der Waals surface area contributed by atoms with Gasteiger partial charge in [0.1, 0.15) is 0 Å². The Kier molecular flexibility index (Phi) is 11.8. The van der Waals surface area contributed by atoms with E-state index in [2.05, 4.69) is 33.4 Å². The van der Waals surface area contributed by atoms with Gasteiger partial charge < -0.3 is 10.6 Å². The maximum absolute atomic E-state index is 5.21. The van der Waals surface area contributed by atoms with E-state index in [1.165, 1.54) is 24.6 Å². The summed E-state index contributed by atoms with van der Waals surface area (Å²) in [6.45, 7) is 7.67. The van der Waals surface area contributed by atoms with E-state index < -0.39 is 0 Å². The maximum Gasteiger partial charge on any atom is 0.192 e. The van der Waals surface area contributed by atoms with Crippen molar-refractivity contribution in [2.75, 3.05) is 50.8 Å². The van der Waals surface area contributed by atoms with Crippen LogP contribution in [0.5, 0.6) is 0 Å². The summed E-state index contributed by atoms with van der Waals surface area (Å²) in [6.07, 6.45) is 5.21. The number of rotatable bonds is 5. The minimum atomic E-state index is 0. The molecule has 0 spiro atoms. The van der Waals surface area contributed by atoms with Crippen molar-refractivity contribution in [2.45, 2.75) is 6.92 Å². The van der Waals surface area contributed by atoms with E-state index in [0.29, 0.717) is 6.54 Å². The van der Waals surface area contributed by atoms with Crippen LogP contribution in [0.4, 0.5) is 0 Å². The summed E-state index contributed by atoms with van der Waals surface area (Å²) in [5.41, 5.74) is 0. The second-order valence-electron chi connectivity index (χ2n) is 3.77. The van der Waals surface area contributed by atoms with Gasteiger partial charge in [-0.1, -0.05) is 5.92 Å². The molecule has 0 aromatic rings. The van der Waals surface area contributed by atoms with Crippen molar-refractivity contribution in [3.63, 3.8) is 0 Å². The average Bonchev–Trinajstić information content (AvgIpc) is 2.37. The Balaban J connectivity index is 0.00000289. The third-order valence-electron chi connectivity index (χ3n) is 2.49. The molecule has 0 aromatic carbocycles. The minimum absolute atomic E-state index is 0. The number of thioether (sulfide) groups is 1. The smallest absolute Gasteiger partial charge is 0.192 e. The average molecular weight is 382 g/mol. The summed E-state index contributed by atoms with van der Waals surface area (Å²) in [5.74, 6) is 5.87. The lowest BCUT2D eigenvalue weighted by Gasteiger charge is -2.25. The molecular formula is C12H23IN4S. The van der Waals surface area contributed by atoms with Crippen LogP contribution in [0.25, 0.3) is 0 Å². The summed E-state index contributed by atoms with van der Waals surface area (Å²) < 4.78 is 0. The van der Waals surface area contributed by atoms with Crippen molar-refractivity contribution in [3.8, 4) is 12.3 Å². The highest BCUT2D eigenvalue weighted by molar-refractivity contribution is 14.0. The molecule has 0 radical (unpaired) electrons. The summed E-state index contributed by atoms with van der Waals surface area (Å²) in [6, 6.07) is 0. The van der Waals surface area contributed by atoms with Gasteiger partial charge in [0.15, 0.2) is 5.96 Å². The van der Waals surface area contributed by atoms with Crippen LogP contribution in [0.1, 0.15) is 6.92 Å². The van der Waals surface area contributed by atoms with E-state index >= 15 is 0 Å². The van der Waals surface area contributed by atoms with Crippen LogP contribution in [0, 0.1) is 12.3 Å². The number of guanidine groups is 1. The zero-order valence-corrected chi connectivity index (χ0v) is 14.1. The molecule has 1 fully saturated rings. The molecular weight excluding hydrogens is 359 g/mol. The molecule has 1 rings (SSSR count). The van der Waals surface area contributed by atoms with Gasteiger partial charge in [-0.3, -0.25) is 9.89 Å². The summed E-state index contributed by atoms with van der Waals surface area (Å²) in [4.78, 5) is 6.96. The van der Waals surface area contributed by atoms with Crippen LogP contribution < -0.4 is 10.6 Å². The lowest BCUT2D eigenvalue weighted by Crippen LogP contribution is -2.39. The monoisotopic (exact) mass is 382 g/mol. The highest BCUT2D eigenvalue weighted by Gasteiger charge is 2.08. The van der Waals surface area contributed by atoms with Crippen LogP contribution in [-0.4, -0.2) is 61.6 Å². The first kappa shape index (κ1) is 17.9. The number of nitrogens with zero attached hydrogens (tertiary/aromatic N) is 2. The van der Waals surface area contributed by atoms with Gasteiger partial charge in [-0.25, -0.2) is 0 Å². The minimum Gasteiger partial charge on any atom is -0.357 e. The molecule has 18 heavy (non-hydrogen) atoms. The quantitative estimate of drug-likeness (QED) is 0.320. The van der Waals surface area contributed by atoms with Crippen LogP contribution >= 0.6 is 35.7 Å². The third kappa shape index (κ3) is 8.06. The molecule has 0 atom stereocenters. The predicted octanol–water partition coefficient (Wildman–Crippen LogP) is 0.841. The number of terminal acetylenes is 1. The van der Waals surface area contributed by atoms with Gasteiger partial charge in [0.25, 0.3) is 0 Å². The van der Waals surface area contributed by atoms with Gasteiger partial charge in [-0.05, 0) is 6.92 Å². The number of hydrogen-bond donors (Lipinski definition) is 2. The summed E-state index contributed by atoms with van der Waals surface area (Å²) in [7, 11) is 0. The number of nitrogens with one attached hydrogen (secondary N) is 2. The van der Waals surface area contributed by atoms with Crippen LogP contribution in [-0.2, 0) is 0 Å². The molecule has 2 N–H and O–H groups in total. The fourth-order valence-corrected chi connectivity index (χ4v) is 2.58. The predicted molar refractivity (Wildman–Crippen MR) is 92.0 cm³/mol. The first-order chi connectivity index (χ1) is 8.36. The van der Waals surface area contributed by atoms with Crippen molar-refractivity contribution >= 4 is 41.7 Å². The molecule has 0 saturated carbocycles. The SMILES string of the molecule is C#CCNC(=NCCN1CCSCC1)NCC.I. The van der Waals surface area contributed by atoms with E-state index in [9.17, 15) is 0 Å². The second-order valence-corrected chi connectivity index (χ2v) is 5.00. The molecule has 1 aliphatic heterocycles. The molecule has 104 valence electrons. The molecule has 1 heterocycles. The van der Waals surface area contributed by atoms with Gasteiger partial charge >= 0.3 is 0 Å². The molecule has 0 amide bonds. The van der Waals surface area contributed by atoms with Crippen molar-refractivity contribution in [2.24, 2.45) is 4.99 Å². The highest BCUT2D eigenvalue weighted by atomic mass is 127. The van der Waals surface area contributed by atoms with Crippen LogP contribution in [0.3, 0.4) is 0 Å². The van der Waals surface area contributed by atoms with Gasteiger partial charge in [0.2, 0.25) is 0 Å². The van der Waals surface area contributed by atoms with Gasteiger partial charge in [-0.2, -0.15) is 11.8 Å². The Hall–Kier alpha value is -0.130. The van der Waals surface area contributed by atoms with Crippen molar-refractivity contribution in [1.29, 1.82) is 0 Å². The van der Waals surface area contributed by atoms with E-state index in [-0.39, 0.29) is 24.0 Å². The zero-order chi connectivity index (χ0) is 12.3. The number of hydrogen-bond acceptors (Lipinski definition) is 3. The normalized spacial score (nSPS) is 16.6. The Morgan fingerprint density at radius 3 is 2.72 bits per heavy atom. The van der Waals surface area contributed by atoms with Crippen LogP contribution in [0.15, 0.2) is 4.99 Å². The fraction of sp³-hybridized carbons (Fsp3) is 0.750. The topological polar surface area (TPSA) is 39.7 Å². The second kappa shape index (κ2) is 11.9. The van der Waals surface area contributed by atoms with E-state index in [4.69, 9.17) is 6.42 Å². The first-order valence-electron chi connectivity index (χ1n) is 6.12. The van der Waals surface area contributed by atoms with Gasteiger partial charge in [0.05, 0.1) is 13.1 Å². The van der Waals surface area contributed by atoms with Crippen molar-refractivity contribution in [3.05, 3.63) is 0 Å². The molecule has 4 nitrogen and oxygen atoms in total. The largest absolute Gasteiger partial charge is 0.357 e. The lowest BCUT2D eigenvalue weighted by molar-refractivity contribution is 0.311. The Morgan fingerprint density at radius 1 is 1.39 bits per heavy atom. The first-order valence-corrected chi connectivity index (χ1v) is 7.28. The lowest BCUT2D eigenvalue weighted by atomic mass is 10.4. The molecule has 0 aromatic heterocycles. The maximum atomic E-state index is 5.21. The standard InChI is InChI=1S/C12H22N4S.HI/c1-3-5-14-12(13-4-2)15-6-7-16-8-10-17-11-9-16;/h1H,4-11H2,2H3,(H2,13,14,15);1H. The number of halogens is 1. The molecule has 1 saturated heterocycles. The summed E-state index contributed by atoms with van der Waals surface area (Å²) >= 11 is 2.03. The van der Waals surface area contributed by atoms with E-state index in [1.807, 2.05) is 11.8 Å². The van der Waals surface area contributed by atoms with E-state index in [0.717, 1.165) is 25.6 Å². The molecule has 0 unspecified atom stereocenters. The molecule has 6 heteroatoms. The molecule has 0 aliphatic carbocycles. The van der Waals surface area contributed by atoms with Gasteiger partial charge in [-0.15, -0.1) is 30.4 Å². The Morgan fingerprint density at radius 2 is 2.11 bits per heavy atom.